The molecule has 0 spiro atoms. The molecule has 2 aromatic carbocycles. The zero-order valence-electron chi connectivity index (χ0n) is 12.8. The van der Waals surface area contributed by atoms with Gasteiger partial charge in [0.2, 0.25) is 5.43 Å². The summed E-state index contributed by atoms with van der Waals surface area (Å²) in [7, 11) is 0. The van der Waals surface area contributed by atoms with Crippen molar-refractivity contribution in [1.82, 2.24) is 4.98 Å². The van der Waals surface area contributed by atoms with E-state index in [0.29, 0.717) is 23.2 Å². The molecule has 4 rings (SSSR count). The second-order valence-corrected chi connectivity index (χ2v) is 5.52. The molecule has 2 heterocycles. The number of aromatic amines is 1. The summed E-state index contributed by atoms with van der Waals surface area (Å²) in [4.78, 5) is 27.9. The highest BCUT2D eigenvalue weighted by Gasteiger charge is 2.15. The number of carbonyl (C=O) groups excluding carboxylic acids is 1. The summed E-state index contributed by atoms with van der Waals surface area (Å²) >= 11 is 0. The molecular formula is C18H15N3O3. The molecule has 0 aliphatic carbocycles. The molecule has 1 aromatic heterocycles. The van der Waals surface area contributed by atoms with Crippen molar-refractivity contribution in [2.24, 2.45) is 0 Å². The van der Waals surface area contributed by atoms with Crippen molar-refractivity contribution in [2.45, 2.75) is 0 Å². The lowest BCUT2D eigenvalue weighted by Crippen LogP contribution is -2.22. The molecule has 0 saturated heterocycles. The van der Waals surface area contributed by atoms with E-state index in [1.165, 1.54) is 6.20 Å². The number of amides is 1. The highest BCUT2D eigenvalue weighted by atomic mass is 16.5. The third-order valence-corrected chi connectivity index (χ3v) is 3.95. The van der Waals surface area contributed by atoms with Gasteiger partial charge in [-0.05, 0) is 30.3 Å². The van der Waals surface area contributed by atoms with Crippen molar-refractivity contribution in [3.63, 3.8) is 0 Å². The lowest BCUT2D eigenvalue weighted by Gasteiger charge is -2.19. The molecule has 0 atom stereocenters. The number of H-pyrrole nitrogens is 1. The second kappa shape index (κ2) is 5.73. The van der Waals surface area contributed by atoms with Crippen molar-refractivity contribution in [3.8, 4) is 5.75 Å². The first kappa shape index (κ1) is 14.3. The van der Waals surface area contributed by atoms with E-state index in [9.17, 15) is 9.59 Å². The first-order valence-corrected chi connectivity index (χ1v) is 7.65. The van der Waals surface area contributed by atoms with Crippen LogP contribution < -0.4 is 20.8 Å². The zero-order valence-corrected chi connectivity index (χ0v) is 12.8. The Hall–Kier alpha value is -3.28. The second-order valence-electron chi connectivity index (χ2n) is 5.52. The summed E-state index contributed by atoms with van der Waals surface area (Å²) in [6.07, 6.45) is 1.44. The minimum absolute atomic E-state index is 0.0793. The number of pyridine rings is 1. The van der Waals surface area contributed by atoms with Crippen LogP contribution in [0.15, 0.2) is 53.5 Å². The maximum Gasteiger partial charge on any atom is 0.261 e. The third kappa shape index (κ3) is 2.48. The number of aromatic nitrogens is 1. The molecule has 6 nitrogen and oxygen atoms in total. The molecule has 0 fully saturated rings. The number of para-hydroxylation sites is 1. The first-order valence-electron chi connectivity index (χ1n) is 7.65. The van der Waals surface area contributed by atoms with Crippen LogP contribution in [0.3, 0.4) is 0 Å². The number of carbonyl (C=O) groups is 1. The van der Waals surface area contributed by atoms with Gasteiger partial charge in [0.15, 0.2) is 0 Å². The van der Waals surface area contributed by atoms with E-state index in [0.717, 1.165) is 18.0 Å². The summed E-state index contributed by atoms with van der Waals surface area (Å²) in [5.41, 5.74) is 1.92. The van der Waals surface area contributed by atoms with E-state index in [2.05, 4.69) is 15.6 Å². The van der Waals surface area contributed by atoms with Gasteiger partial charge < -0.3 is 20.4 Å². The summed E-state index contributed by atoms with van der Waals surface area (Å²) < 4.78 is 5.51. The molecule has 3 aromatic rings. The quantitative estimate of drug-likeness (QED) is 0.677. The van der Waals surface area contributed by atoms with Crippen LogP contribution in [-0.4, -0.2) is 24.0 Å². The van der Waals surface area contributed by atoms with Crippen LogP contribution in [0.5, 0.6) is 5.75 Å². The van der Waals surface area contributed by atoms with Gasteiger partial charge in [-0.3, -0.25) is 9.59 Å². The highest BCUT2D eigenvalue weighted by molar-refractivity contribution is 6.05. The molecular weight excluding hydrogens is 306 g/mol. The lowest BCUT2D eigenvalue weighted by molar-refractivity contribution is 0.102. The monoisotopic (exact) mass is 321 g/mol. The lowest BCUT2D eigenvalue weighted by atomic mass is 10.1. The molecule has 1 aliphatic rings. The van der Waals surface area contributed by atoms with Crippen LogP contribution in [-0.2, 0) is 0 Å². The number of hydrogen-bond donors (Lipinski definition) is 3. The molecule has 3 N–H and O–H groups in total. The van der Waals surface area contributed by atoms with Crippen molar-refractivity contribution in [1.29, 1.82) is 0 Å². The van der Waals surface area contributed by atoms with E-state index >= 15 is 0 Å². The summed E-state index contributed by atoms with van der Waals surface area (Å²) in [6, 6.07) is 12.4. The minimum Gasteiger partial charge on any atom is -0.490 e. The number of hydrogen-bond acceptors (Lipinski definition) is 4. The Labute approximate surface area is 137 Å². The van der Waals surface area contributed by atoms with Crippen molar-refractivity contribution >= 4 is 28.2 Å². The van der Waals surface area contributed by atoms with Gasteiger partial charge in [-0.1, -0.05) is 12.1 Å². The standard InChI is InChI=1S/C18H15N3O3/c22-17-12-3-1-2-4-14(12)20-10-13(17)18(23)21-11-5-6-16-15(9-11)19-7-8-24-16/h1-6,9-10,19H,7-8H2,(H,20,22)(H,21,23). The zero-order chi connectivity index (χ0) is 16.5. The van der Waals surface area contributed by atoms with Gasteiger partial charge in [0.1, 0.15) is 17.9 Å². The molecule has 0 saturated carbocycles. The average molecular weight is 321 g/mol. The molecule has 120 valence electrons. The van der Waals surface area contributed by atoms with Crippen molar-refractivity contribution in [3.05, 3.63) is 64.4 Å². The number of anilines is 2. The topological polar surface area (TPSA) is 83.2 Å². The van der Waals surface area contributed by atoms with Gasteiger partial charge in [-0.15, -0.1) is 0 Å². The number of fused-ring (bicyclic) bond motifs is 2. The number of ether oxygens (including phenoxy) is 1. The van der Waals surface area contributed by atoms with Gasteiger partial charge in [0, 0.05) is 29.3 Å². The van der Waals surface area contributed by atoms with Crippen LogP contribution in [0.1, 0.15) is 10.4 Å². The predicted octanol–water partition coefficient (Wildman–Crippen LogP) is 2.58. The Morgan fingerprint density at radius 2 is 2.04 bits per heavy atom. The summed E-state index contributed by atoms with van der Waals surface area (Å²) in [5, 5.41) is 6.46. The first-order chi connectivity index (χ1) is 11.7. The SMILES string of the molecule is O=C(Nc1ccc2c(c1)NCCO2)c1c[nH]c2ccccc2c1=O. The van der Waals surface area contributed by atoms with Crippen LogP contribution in [0.2, 0.25) is 0 Å². The fourth-order valence-corrected chi connectivity index (χ4v) is 2.75. The van der Waals surface area contributed by atoms with Crippen LogP contribution in [0.4, 0.5) is 11.4 Å². The molecule has 1 aliphatic heterocycles. The van der Waals surface area contributed by atoms with Gasteiger partial charge in [0.05, 0.1) is 5.69 Å². The van der Waals surface area contributed by atoms with E-state index in [1.54, 1.807) is 36.4 Å². The maximum atomic E-state index is 12.5. The van der Waals surface area contributed by atoms with Gasteiger partial charge in [0.25, 0.3) is 5.91 Å². The molecule has 24 heavy (non-hydrogen) atoms. The fraction of sp³-hybridized carbons (Fsp3) is 0.111. The Bertz CT molecular complexity index is 994. The van der Waals surface area contributed by atoms with Gasteiger partial charge in [-0.25, -0.2) is 0 Å². The van der Waals surface area contributed by atoms with E-state index in [4.69, 9.17) is 4.74 Å². The van der Waals surface area contributed by atoms with E-state index in [1.807, 2.05) is 6.07 Å². The molecule has 6 heteroatoms. The van der Waals surface area contributed by atoms with E-state index in [-0.39, 0.29) is 11.0 Å². The highest BCUT2D eigenvalue weighted by Crippen LogP contribution is 2.30. The number of nitrogens with one attached hydrogen (secondary N) is 3. The average Bonchev–Trinajstić information content (AvgIpc) is 2.62. The summed E-state index contributed by atoms with van der Waals surface area (Å²) in [6.45, 7) is 1.33. The minimum atomic E-state index is -0.446. The molecule has 0 radical (unpaired) electrons. The Balaban J connectivity index is 1.65. The molecule has 0 unspecified atom stereocenters. The fourth-order valence-electron chi connectivity index (χ4n) is 2.75. The van der Waals surface area contributed by atoms with Crippen LogP contribution in [0.25, 0.3) is 10.9 Å². The third-order valence-electron chi connectivity index (χ3n) is 3.95. The normalized spacial score (nSPS) is 12.8. The number of benzene rings is 2. The Morgan fingerprint density at radius 3 is 2.96 bits per heavy atom. The predicted molar refractivity (Wildman–Crippen MR) is 92.9 cm³/mol. The van der Waals surface area contributed by atoms with Crippen LogP contribution >= 0.6 is 0 Å². The molecule has 0 bridgehead atoms. The Morgan fingerprint density at radius 1 is 1.17 bits per heavy atom. The largest absolute Gasteiger partial charge is 0.490 e. The van der Waals surface area contributed by atoms with Crippen molar-refractivity contribution in [2.75, 3.05) is 23.8 Å². The smallest absolute Gasteiger partial charge is 0.261 e. The number of rotatable bonds is 2. The Kier molecular flexibility index (Phi) is 3.42. The maximum absolute atomic E-state index is 12.5. The summed E-state index contributed by atoms with van der Waals surface area (Å²) in [5.74, 6) is 0.307. The van der Waals surface area contributed by atoms with Crippen LogP contribution in [0, 0.1) is 0 Å². The molecule has 1 amide bonds. The van der Waals surface area contributed by atoms with E-state index < -0.39 is 5.91 Å². The van der Waals surface area contributed by atoms with Crippen molar-refractivity contribution < 1.29 is 9.53 Å². The van der Waals surface area contributed by atoms with Gasteiger partial charge >= 0.3 is 0 Å². The van der Waals surface area contributed by atoms with Gasteiger partial charge in [-0.2, -0.15) is 0 Å².